The van der Waals surface area contributed by atoms with E-state index in [9.17, 15) is 24.6 Å². The Morgan fingerprint density at radius 3 is 2.00 bits per heavy atom. The number of aliphatic hydroxyl groups is 1. The summed E-state index contributed by atoms with van der Waals surface area (Å²) in [6.45, 7) is 1.28. The molecule has 0 aliphatic heterocycles. The quantitative estimate of drug-likeness (QED) is 0.340. The molecule has 2 N–H and O–H groups in total. The number of benzene rings is 3. The first-order valence-corrected chi connectivity index (χ1v) is 12.2. The molecule has 3 aromatic carbocycles. The van der Waals surface area contributed by atoms with E-state index in [0.717, 1.165) is 11.1 Å². The summed E-state index contributed by atoms with van der Waals surface area (Å²) >= 11 is 0. The maximum absolute atomic E-state index is 13.5. The molecule has 0 spiro atoms. The number of ketones is 1. The van der Waals surface area contributed by atoms with Crippen molar-refractivity contribution in [2.45, 2.75) is 38.1 Å². The van der Waals surface area contributed by atoms with Crippen molar-refractivity contribution in [3.05, 3.63) is 95.6 Å². The topological polar surface area (TPSA) is 119 Å². The van der Waals surface area contributed by atoms with Crippen LogP contribution < -0.4 is 4.74 Å². The number of phenolic OH excluding ortho intramolecular Hbond substituents is 1. The number of carbonyl (C=O) groups is 3. The van der Waals surface area contributed by atoms with Gasteiger partial charge in [-0.25, -0.2) is 0 Å². The maximum atomic E-state index is 13.5. The molecule has 4 atom stereocenters. The Morgan fingerprint density at radius 1 is 0.895 bits per heavy atom. The lowest BCUT2D eigenvalue weighted by Crippen LogP contribution is -2.55. The van der Waals surface area contributed by atoms with E-state index < -0.39 is 47.5 Å². The van der Waals surface area contributed by atoms with Crippen molar-refractivity contribution in [1.29, 1.82) is 0 Å². The fraction of sp³-hybridized carbons (Fsp3) is 0.300. The van der Waals surface area contributed by atoms with Crippen molar-refractivity contribution in [2.24, 2.45) is 11.8 Å². The summed E-state index contributed by atoms with van der Waals surface area (Å²) in [5.74, 6) is -6.00. The number of hydrogen-bond acceptors (Lipinski definition) is 8. The minimum atomic E-state index is -1.81. The Hall–Kier alpha value is -4.17. The van der Waals surface area contributed by atoms with Crippen molar-refractivity contribution in [2.75, 3.05) is 7.11 Å². The molecule has 3 aromatic rings. The molecule has 8 nitrogen and oxygen atoms in total. The van der Waals surface area contributed by atoms with Crippen LogP contribution in [0.5, 0.6) is 11.5 Å². The standard InChI is InChI=1S/C30H30O8/c1-30(35)16-23(32)26(28(33)37-17-19-9-5-3-6-10-19)25(21-13-14-22(31)24(15-21)36-2)27(30)29(34)38-18-20-11-7-4-8-12-20/h3-15,25-27,31,35H,16-18H2,1-2H3/t25-,26-,27+,30+/m0/s1. The van der Waals surface area contributed by atoms with Gasteiger partial charge in [0.25, 0.3) is 0 Å². The van der Waals surface area contributed by atoms with Gasteiger partial charge in [-0.1, -0.05) is 66.7 Å². The maximum Gasteiger partial charge on any atom is 0.317 e. The van der Waals surface area contributed by atoms with Crippen molar-refractivity contribution in [3.8, 4) is 11.5 Å². The van der Waals surface area contributed by atoms with Crippen LogP contribution in [-0.4, -0.2) is 40.6 Å². The summed E-state index contributed by atoms with van der Waals surface area (Å²) in [5, 5.41) is 21.5. The smallest absolute Gasteiger partial charge is 0.317 e. The third-order valence-corrected chi connectivity index (χ3v) is 6.81. The summed E-state index contributed by atoms with van der Waals surface area (Å²) in [5.41, 5.74) is 0.0137. The lowest BCUT2D eigenvalue weighted by Gasteiger charge is -2.43. The van der Waals surface area contributed by atoms with Gasteiger partial charge in [0.2, 0.25) is 0 Å². The second-order valence-electron chi connectivity index (χ2n) is 9.60. The number of hydrogen-bond donors (Lipinski definition) is 2. The van der Waals surface area contributed by atoms with Gasteiger partial charge in [0.1, 0.15) is 19.1 Å². The van der Waals surface area contributed by atoms with Gasteiger partial charge in [-0.3, -0.25) is 14.4 Å². The minimum Gasteiger partial charge on any atom is -0.504 e. The summed E-state index contributed by atoms with van der Waals surface area (Å²) in [6.07, 6.45) is -0.436. The molecule has 198 valence electrons. The first-order chi connectivity index (χ1) is 18.2. The number of aromatic hydroxyl groups is 1. The predicted octanol–water partition coefficient (Wildman–Crippen LogP) is 3.93. The molecule has 0 bridgehead atoms. The van der Waals surface area contributed by atoms with Crippen LogP contribution in [0.15, 0.2) is 78.9 Å². The van der Waals surface area contributed by atoms with Crippen LogP contribution in [0.2, 0.25) is 0 Å². The van der Waals surface area contributed by atoms with E-state index in [1.165, 1.54) is 32.2 Å². The number of carbonyl (C=O) groups excluding carboxylic acids is 3. The molecule has 0 amide bonds. The number of rotatable bonds is 8. The monoisotopic (exact) mass is 518 g/mol. The molecule has 0 aromatic heterocycles. The Bertz CT molecular complexity index is 1290. The van der Waals surface area contributed by atoms with Crippen molar-refractivity contribution in [1.82, 2.24) is 0 Å². The van der Waals surface area contributed by atoms with Gasteiger partial charge in [0, 0.05) is 12.3 Å². The first-order valence-electron chi connectivity index (χ1n) is 12.2. The van der Waals surface area contributed by atoms with Crippen LogP contribution in [0.1, 0.15) is 36.0 Å². The molecule has 0 saturated heterocycles. The molecular formula is C30H30O8. The molecule has 8 heteroatoms. The van der Waals surface area contributed by atoms with Crippen LogP contribution in [-0.2, 0) is 37.1 Å². The third-order valence-electron chi connectivity index (χ3n) is 6.81. The lowest BCUT2D eigenvalue weighted by atomic mass is 9.61. The largest absolute Gasteiger partial charge is 0.504 e. The van der Waals surface area contributed by atoms with Gasteiger partial charge >= 0.3 is 11.9 Å². The third kappa shape index (κ3) is 5.86. The summed E-state index contributed by atoms with van der Waals surface area (Å²) < 4.78 is 16.3. The van der Waals surface area contributed by atoms with Crippen LogP contribution >= 0.6 is 0 Å². The van der Waals surface area contributed by atoms with Crippen LogP contribution in [0, 0.1) is 11.8 Å². The highest BCUT2D eigenvalue weighted by Crippen LogP contribution is 2.48. The van der Waals surface area contributed by atoms with E-state index in [0.29, 0.717) is 5.56 Å². The Labute approximate surface area is 220 Å². The van der Waals surface area contributed by atoms with Crippen molar-refractivity contribution >= 4 is 17.7 Å². The molecular weight excluding hydrogens is 488 g/mol. The zero-order valence-electron chi connectivity index (χ0n) is 21.2. The molecule has 1 aliphatic carbocycles. The number of Topliss-reactive ketones (excluding diaryl/α,β-unsaturated/α-hetero) is 1. The second kappa shape index (κ2) is 11.5. The first kappa shape index (κ1) is 26.9. The number of esters is 2. The Kier molecular flexibility index (Phi) is 8.12. The summed E-state index contributed by atoms with van der Waals surface area (Å²) in [6, 6.07) is 22.3. The molecule has 1 fully saturated rings. The average Bonchev–Trinajstić information content (AvgIpc) is 2.91. The fourth-order valence-corrected chi connectivity index (χ4v) is 4.95. The zero-order valence-corrected chi connectivity index (χ0v) is 21.2. The SMILES string of the molecule is COc1cc([C@H]2[C@@H](C(=O)OCc3ccccc3)C(=O)C[C@@](C)(O)[C@H]2C(=O)OCc2ccccc2)ccc1O. The minimum absolute atomic E-state index is 0.0467. The van der Waals surface area contributed by atoms with E-state index in [1.54, 1.807) is 36.4 Å². The molecule has 1 saturated carbocycles. The van der Waals surface area contributed by atoms with E-state index in [4.69, 9.17) is 14.2 Å². The van der Waals surface area contributed by atoms with Crippen molar-refractivity contribution < 1.29 is 38.8 Å². The van der Waals surface area contributed by atoms with Gasteiger partial charge in [0.05, 0.1) is 18.6 Å². The number of phenols is 1. The average molecular weight is 519 g/mol. The van der Waals surface area contributed by atoms with E-state index in [1.807, 2.05) is 24.3 Å². The number of methoxy groups -OCH3 is 1. The molecule has 38 heavy (non-hydrogen) atoms. The predicted molar refractivity (Wildman–Crippen MR) is 137 cm³/mol. The molecule has 0 radical (unpaired) electrons. The normalized spacial score (nSPS) is 22.9. The van der Waals surface area contributed by atoms with E-state index >= 15 is 0 Å². The van der Waals surface area contributed by atoms with E-state index in [-0.39, 0.29) is 24.7 Å². The Morgan fingerprint density at radius 2 is 1.45 bits per heavy atom. The molecule has 0 heterocycles. The van der Waals surface area contributed by atoms with Gasteiger partial charge in [-0.2, -0.15) is 0 Å². The highest BCUT2D eigenvalue weighted by atomic mass is 16.5. The summed E-state index contributed by atoms with van der Waals surface area (Å²) in [4.78, 5) is 40.2. The van der Waals surface area contributed by atoms with Gasteiger partial charge in [-0.15, -0.1) is 0 Å². The molecule has 1 aliphatic rings. The molecule has 4 rings (SSSR count). The van der Waals surface area contributed by atoms with Gasteiger partial charge in [0.15, 0.2) is 17.3 Å². The van der Waals surface area contributed by atoms with Gasteiger partial charge < -0.3 is 24.4 Å². The second-order valence-corrected chi connectivity index (χ2v) is 9.60. The fourth-order valence-electron chi connectivity index (χ4n) is 4.95. The van der Waals surface area contributed by atoms with Gasteiger partial charge in [-0.05, 0) is 35.7 Å². The molecule has 0 unspecified atom stereocenters. The summed E-state index contributed by atoms with van der Waals surface area (Å²) in [7, 11) is 1.36. The zero-order chi connectivity index (χ0) is 27.3. The van der Waals surface area contributed by atoms with Crippen LogP contribution in [0.3, 0.4) is 0 Å². The van der Waals surface area contributed by atoms with E-state index in [2.05, 4.69) is 0 Å². The van der Waals surface area contributed by atoms with Crippen LogP contribution in [0.25, 0.3) is 0 Å². The highest BCUT2D eigenvalue weighted by molar-refractivity contribution is 6.02. The van der Waals surface area contributed by atoms with Crippen molar-refractivity contribution in [3.63, 3.8) is 0 Å². The highest BCUT2D eigenvalue weighted by Gasteiger charge is 2.57. The Balaban J connectivity index is 1.71. The lowest BCUT2D eigenvalue weighted by molar-refractivity contribution is -0.174. The van der Waals surface area contributed by atoms with Crippen LogP contribution in [0.4, 0.5) is 0 Å². The number of ether oxygens (including phenoxy) is 3.